The summed E-state index contributed by atoms with van der Waals surface area (Å²) in [4.78, 5) is 1.59. The number of alkyl halides is 1. The van der Waals surface area contributed by atoms with Crippen LogP contribution in [-0.4, -0.2) is 30.6 Å². The lowest BCUT2D eigenvalue weighted by atomic mass is 9.96. The SMILES string of the molecule is CCc1ccc(S(=O)(=O)N2CCC(C(C)Br)CC2)s1. The van der Waals surface area contributed by atoms with Crippen LogP contribution in [0, 0.1) is 5.92 Å². The average molecular weight is 366 g/mol. The molecule has 1 unspecified atom stereocenters. The highest BCUT2D eigenvalue weighted by Crippen LogP contribution is 2.30. The zero-order chi connectivity index (χ0) is 14.0. The molecule has 108 valence electrons. The van der Waals surface area contributed by atoms with Crippen molar-refractivity contribution in [2.45, 2.75) is 42.1 Å². The van der Waals surface area contributed by atoms with Crippen LogP contribution in [0.4, 0.5) is 0 Å². The molecule has 0 aliphatic carbocycles. The first kappa shape index (κ1) is 15.5. The van der Waals surface area contributed by atoms with Crippen LogP contribution in [0.3, 0.4) is 0 Å². The van der Waals surface area contributed by atoms with Crippen molar-refractivity contribution in [1.82, 2.24) is 4.31 Å². The number of halogens is 1. The van der Waals surface area contributed by atoms with Crippen LogP contribution in [0.5, 0.6) is 0 Å². The molecule has 0 amide bonds. The number of rotatable bonds is 4. The zero-order valence-corrected chi connectivity index (χ0v) is 14.5. The molecule has 2 rings (SSSR count). The van der Waals surface area contributed by atoms with Crippen LogP contribution >= 0.6 is 27.3 Å². The Bertz CT molecular complexity index is 517. The summed E-state index contributed by atoms with van der Waals surface area (Å²) in [5, 5.41) is 0. The second kappa shape index (κ2) is 6.24. The minimum atomic E-state index is -3.26. The second-order valence-electron chi connectivity index (χ2n) is 4.99. The summed E-state index contributed by atoms with van der Waals surface area (Å²) in [5.41, 5.74) is 0. The molecule has 2 heterocycles. The smallest absolute Gasteiger partial charge is 0.206 e. The number of sulfonamides is 1. The number of piperidine rings is 1. The van der Waals surface area contributed by atoms with Crippen LogP contribution in [0.2, 0.25) is 0 Å². The molecule has 0 saturated carbocycles. The van der Waals surface area contributed by atoms with Crippen molar-refractivity contribution in [2.75, 3.05) is 13.1 Å². The summed E-state index contributed by atoms with van der Waals surface area (Å²) in [6.07, 6.45) is 2.78. The summed E-state index contributed by atoms with van der Waals surface area (Å²) < 4.78 is 27.2. The van der Waals surface area contributed by atoms with Gasteiger partial charge >= 0.3 is 0 Å². The second-order valence-corrected chi connectivity index (χ2v) is 9.77. The number of thiophene rings is 1. The van der Waals surface area contributed by atoms with Gasteiger partial charge < -0.3 is 0 Å². The summed E-state index contributed by atoms with van der Waals surface area (Å²) in [6.45, 7) is 5.47. The van der Waals surface area contributed by atoms with E-state index in [4.69, 9.17) is 0 Å². The van der Waals surface area contributed by atoms with Crippen molar-refractivity contribution in [1.29, 1.82) is 0 Å². The third kappa shape index (κ3) is 3.40. The van der Waals surface area contributed by atoms with Gasteiger partial charge in [-0.2, -0.15) is 4.31 Å². The minimum absolute atomic E-state index is 0.464. The average Bonchev–Trinajstić information content (AvgIpc) is 2.88. The van der Waals surface area contributed by atoms with Crippen molar-refractivity contribution in [2.24, 2.45) is 5.92 Å². The quantitative estimate of drug-likeness (QED) is 0.765. The van der Waals surface area contributed by atoms with Crippen LogP contribution in [0.15, 0.2) is 16.3 Å². The molecule has 1 aliphatic rings. The normalized spacial score (nSPS) is 20.6. The molecule has 1 atom stereocenters. The molecule has 19 heavy (non-hydrogen) atoms. The van der Waals surface area contributed by atoms with Crippen molar-refractivity contribution in [3.05, 3.63) is 17.0 Å². The standard InChI is InChI=1S/C13H20BrNO2S2/c1-3-12-4-5-13(18-12)19(16,17)15-8-6-11(7-9-15)10(2)14/h4-5,10-11H,3,6-9H2,1-2H3. The Morgan fingerprint density at radius 1 is 1.42 bits per heavy atom. The Kier molecular flexibility index (Phi) is 5.09. The van der Waals surface area contributed by atoms with Gasteiger partial charge in [-0.05, 0) is 37.3 Å². The minimum Gasteiger partial charge on any atom is -0.206 e. The summed E-state index contributed by atoms with van der Waals surface area (Å²) >= 11 is 5.00. The lowest BCUT2D eigenvalue weighted by Gasteiger charge is -2.32. The monoisotopic (exact) mass is 365 g/mol. The predicted molar refractivity (Wildman–Crippen MR) is 83.6 cm³/mol. The first-order valence-electron chi connectivity index (χ1n) is 6.68. The van der Waals surface area contributed by atoms with E-state index >= 15 is 0 Å². The number of aryl methyl sites for hydroxylation is 1. The molecular formula is C13H20BrNO2S2. The van der Waals surface area contributed by atoms with E-state index < -0.39 is 10.0 Å². The van der Waals surface area contributed by atoms with Crippen molar-refractivity contribution in [3.8, 4) is 0 Å². The number of nitrogens with zero attached hydrogens (tertiary/aromatic N) is 1. The van der Waals surface area contributed by atoms with Gasteiger partial charge in [-0.1, -0.05) is 29.8 Å². The molecule has 1 saturated heterocycles. The molecule has 1 fully saturated rings. The van der Waals surface area contributed by atoms with Crippen LogP contribution in [0.1, 0.15) is 31.6 Å². The van der Waals surface area contributed by atoms with E-state index in [1.54, 1.807) is 10.4 Å². The van der Waals surface area contributed by atoms with Crippen molar-refractivity contribution < 1.29 is 8.42 Å². The molecular weight excluding hydrogens is 346 g/mol. The Morgan fingerprint density at radius 2 is 2.05 bits per heavy atom. The Labute approximate surface area is 128 Å². The topological polar surface area (TPSA) is 37.4 Å². The summed E-state index contributed by atoms with van der Waals surface area (Å²) in [5.74, 6) is 0.584. The summed E-state index contributed by atoms with van der Waals surface area (Å²) in [7, 11) is -3.26. The van der Waals surface area contributed by atoms with Gasteiger partial charge in [0, 0.05) is 22.8 Å². The van der Waals surface area contributed by atoms with E-state index in [0.29, 0.717) is 28.0 Å². The molecule has 0 bridgehead atoms. The highest BCUT2D eigenvalue weighted by molar-refractivity contribution is 9.09. The van der Waals surface area contributed by atoms with Gasteiger partial charge in [-0.3, -0.25) is 0 Å². The number of hydrogen-bond donors (Lipinski definition) is 0. The van der Waals surface area contributed by atoms with Gasteiger partial charge in [0.1, 0.15) is 4.21 Å². The van der Waals surface area contributed by atoms with Crippen LogP contribution in [0.25, 0.3) is 0 Å². The maximum Gasteiger partial charge on any atom is 0.252 e. The third-order valence-corrected chi connectivity index (χ3v) is 8.07. The molecule has 6 heteroatoms. The van der Waals surface area contributed by atoms with Crippen molar-refractivity contribution >= 4 is 37.3 Å². The van der Waals surface area contributed by atoms with Crippen molar-refractivity contribution in [3.63, 3.8) is 0 Å². The molecule has 0 radical (unpaired) electrons. The highest BCUT2D eigenvalue weighted by atomic mass is 79.9. The maximum absolute atomic E-state index is 12.5. The van der Waals surface area contributed by atoms with Gasteiger partial charge in [0.25, 0.3) is 10.0 Å². The van der Waals surface area contributed by atoms with Gasteiger partial charge in [0.15, 0.2) is 0 Å². The highest BCUT2D eigenvalue weighted by Gasteiger charge is 2.31. The fraction of sp³-hybridized carbons (Fsp3) is 0.692. The largest absolute Gasteiger partial charge is 0.252 e. The van der Waals surface area contributed by atoms with E-state index in [1.807, 2.05) is 13.0 Å². The third-order valence-electron chi connectivity index (χ3n) is 3.73. The van der Waals surface area contributed by atoms with E-state index in [2.05, 4.69) is 22.9 Å². The Hall–Kier alpha value is 0.0900. The summed E-state index contributed by atoms with van der Waals surface area (Å²) in [6, 6.07) is 3.67. The van der Waals surface area contributed by atoms with E-state index in [9.17, 15) is 8.42 Å². The molecule has 1 aromatic heterocycles. The Morgan fingerprint density at radius 3 is 2.53 bits per heavy atom. The molecule has 0 aromatic carbocycles. The zero-order valence-electron chi connectivity index (χ0n) is 11.3. The van der Waals surface area contributed by atoms with Gasteiger partial charge in [-0.15, -0.1) is 11.3 Å². The molecule has 0 N–H and O–H groups in total. The van der Waals surface area contributed by atoms with E-state index in [0.717, 1.165) is 24.1 Å². The fourth-order valence-corrected chi connectivity index (χ4v) is 5.84. The van der Waals surface area contributed by atoms with Gasteiger partial charge in [-0.25, -0.2) is 8.42 Å². The predicted octanol–water partition coefficient (Wildman–Crippen LogP) is 3.49. The van der Waals surface area contributed by atoms with Crippen LogP contribution in [-0.2, 0) is 16.4 Å². The first-order valence-corrected chi connectivity index (χ1v) is 9.85. The fourth-order valence-electron chi connectivity index (χ4n) is 2.39. The Balaban J connectivity index is 2.09. The van der Waals surface area contributed by atoms with Gasteiger partial charge in [0.2, 0.25) is 0 Å². The van der Waals surface area contributed by atoms with Crippen LogP contribution < -0.4 is 0 Å². The molecule has 1 aromatic rings. The molecule has 3 nitrogen and oxygen atoms in total. The number of hydrogen-bond acceptors (Lipinski definition) is 3. The first-order chi connectivity index (χ1) is 8.95. The van der Waals surface area contributed by atoms with E-state index in [-0.39, 0.29) is 0 Å². The lowest BCUT2D eigenvalue weighted by Crippen LogP contribution is -2.39. The van der Waals surface area contributed by atoms with E-state index in [1.165, 1.54) is 11.3 Å². The molecule has 0 spiro atoms. The lowest BCUT2D eigenvalue weighted by molar-refractivity contribution is 0.275. The molecule has 1 aliphatic heterocycles. The van der Waals surface area contributed by atoms with Gasteiger partial charge in [0.05, 0.1) is 0 Å². The maximum atomic E-state index is 12.5.